The highest BCUT2D eigenvalue weighted by Gasteiger charge is 2.18. The molecule has 0 unspecified atom stereocenters. The molecule has 0 atom stereocenters. The molecular formula is C17H17N7. The second-order valence-electron chi connectivity index (χ2n) is 5.61. The maximum Gasteiger partial charge on any atom is 0.177 e. The predicted octanol–water partition coefficient (Wildman–Crippen LogP) is 2.72. The molecule has 24 heavy (non-hydrogen) atoms. The summed E-state index contributed by atoms with van der Waals surface area (Å²) in [5, 5.41) is 8.95. The fourth-order valence-electron chi connectivity index (χ4n) is 2.83. The highest BCUT2D eigenvalue weighted by molar-refractivity contribution is 5.90. The number of aryl methyl sites for hydroxylation is 1. The Kier molecular flexibility index (Phi) is 3.26. The molecule has 1 N–H and O–H groups in total. The van der Waals surface area contributed by atoms with Crippen LogP contribution in [0.2, 0.25) is 0 Å². The Morgan fingerprint density at radius 3 is 2.96 bits per heavy atom. The van der Waals surface area contributed by atoms with Crippen molar-refractivity contribution in [1.82, 2.24) is 34.5 Å². The first kappa shape index (κ1) is 14.4. The SMILES string of the molecule is C=CCn1ncc(-c2nc3c([nH]2)c(-c2cccnc2)nn3C)c1C. The van der Waals surface area contributed by atoms with Crippen LogP contribution in [0.4, 0.5) is 0 Å². The van der Waals surface area contributed by atoms with Gasteiger partial charge in [0.25, 0.3) is 0 Å². The van der Waals surface area contributed by atoms with Gasteiger partial charge in [0.1, 0.15) is 17.0 Å². The number of nitrogens with zero attached hydrogens (tertiary/aromatic N) is 6. The molecular weight excluding hydrogens is 302 g/mol. The van der Waals surface area contributed by atoms with Gasteiger partial charge in [-0.1, -0.05) is 6.08 Å². The lowest BCUT2D eigenvalue weighted by molar-refractivity contribution is 0.680. The highest BCUT2D eigenvalue weighted by atomic mass is 15.3. The lowest BCUT2D eigenvalue weighted by atomic mass is 10.2. The molecule has 4 aromatic rings. The number of hydrogen-bond donors (Lipinski definition) is 1. The van der Waals surface area contributed by atoms with Crippen LogP contribution < -0.4 is 0 Å². The summed E-state index contributed by atoms with van der Waals surface area (Å²) in [6, 6.07) is 3.89. The second kappa shape index (κ2) is 5.45. The van der Waals surface area contributed by atoms with E-state index in [4.69, 9.17) is 4.98 Å². The van der Waals surface area contributed by atoms with Crippen molar-refractivity contribution in [2.24, 2.45) is 7.05 Å². The third-order valence-electron chi connectivity index (χ3n) is 4.07. The molecule has 0 spiro atoms. The minimum atomic E-state index is 0.675. The van der Waals surface area contributed by atoms with E-state index in [-0.39, 0.29) is 0 Å². The Bertz CT molecular complexity index is 1020. The lowest BCUT2D eigenvalue weighted by Crippen LogP contribution is -1.99. The molecule has 0 radical (unpaired) electrons. The first-order valence-electron chi connectivity index (χ1n) is 7.66. The predicted molar refractivity (Wildman–Crippen MR) is 92.2 cm³/mol. The van der Waals surface area contributed by atoms with E-state index in [1.807, 2.05) is 43.1 Å². The average molecular weight is 319 g/mol. The maximum absolute atomic E-state index is 4.71. The molecule has 0 saturated heterocycles. The third kappa shape index (κ3) is 2.13. The van der Waals surface area contributed by atoms with Crippen LogP contribution >= 0.6 is 0 Å². The number of H-pyrrole nitrogens is 1. The summed E-state index contributed by atoms with van der Waals surface area (Å²) >= 11 is 0. The van der Waals surface area contributed by atoms with Crippen LogP contribution in [0, 0.1) is 6.92 Å². The van der Waals surface area contributed by atoms with Crippen molar-refractivity contribution in [3.05, 3.63) is 49.1 Å². The summed E-state index contributed by atoms with van der Waals surface area (Å²) in [5.74, 6) is 0.788. The van der Waals surface area contributed by atoms with Gasteiger partial charge in [0, 0.05) is 30.7 Å². The van der Waals surface area contributed by atoms with E-state index < -0.39 is 0 Å². The highest BCUT2D eigenvalue weighted by Crippen LogP contribution is 2.29. The van der Waals surface area contributed by atoms with Gasteiger partial charge >= 0.3 is 0 Å². The largest absolute Gasteiger partial charge is 0.335 e. The van der Waals surface area contributed by atoms with Gasteiger partial charge < -0.3 is 4.98 Å². The van der Waals surface area contributed by atoms with Gasteiger partial charge in [-0.25, -0.2) is 9.67 Å². The molecule has 4 aromatic heterocycles. The minimum absolute atomic E-state index is 0.675. The zero-order valence-electron chi connectivity index (χ0n) is 13.6. The van der Waals surface area contributed by atoms with Gasteiger partial charge in [-0.2, -0.15) is 10.2 Å². The molecule has 4 heterocycles. The van der Waals surface area contributed by atoms with Crippen molar-refractivity contribution >= 4 is 11.2 Å². The monoisotopic (exact) mass is 319 g/mol. The summed E-state index contributed by atoms with van der Waals surface area (Å²) in [6.07, 6.45) is 7.20. The van der Waals surface area contributed by atoms with E-state index in [1.165, 1.54) is 0 Å². The summed E-state index contributed by atoms with van der Waals surface area (Å²) < 4.78 is 3.68. The van der Waals surface area contributed by atoms with Crippen molar-refractivity contribution in [3.63, 3.8) is 0 Å². The Hall–Kier alpha value is -3.22. The van der Waals surface area contributed by atoms with Gasteiger partial charge in [-0.3, -0.25) is 9.67 Å². The fraction of sp³-hybridized carbons (Fsp3) is 0.176. The van der Waals surface area contributed by atoms with Crippen LogP contribution in [-0.4, -0.2) is 34.5 Å². The summed E-state index contributed by atoms with van der Waals surface area (Å²) in [7, 11) is 1.89. The number of pyridine rings is 1. The molecule has 0 bridgehead atoms. The molecule has 0 saturated carbocycles. The fourth-order valence-corrected chi connectivity index (χ4v) is 2.83. The molecule has 7 nitrogen and oxygen atoms in total. The first-order valence-corrected chi connectivity index (χ1v) is 7.66. The number of aromatic nitrogens is 7. The van der Waals surface area contributed by atoms with Crippen molar-refractivity contribution in [2.75, 3.05) is 0 Å². The Morgan fingerprint density at radius 2 is 2.21 bits per heavy atom. The van der Waals surface area contributed by atoms with Gasteiger partial charge in [0.2, 0.25) is 0 Å². The van der Waals surface area contributed by atoms with Crippen LogP contribution in [0.5, 0.6) is 0 Å². The molecule has 7 heteroatoms. The van der Waals surface area contributed by atoms with Crippen LogP contribution in [0.3, 0.4) is 0 Å². The molecule has 0 aliphatic carbocycles. The molecule has 0 fully saturated rings. The summed E-state index contributed by atoms with van der Waals surface area (Å²) in [4.78, 5) is 12.3. The lowest BCUT2D eigenvalue weighted by Gasteiger charge is -2.00. The maximum atomic E-state index is 4.71. The normalized spacial score (nSPS) is 11.2. The van der Waals surface area contributed by atoms with E-state index >= 15 is 0 Å². The van der Waals surface area contributed by atoms with E-state index in [0.29, 0.717) is 6.54 Å². The van der Waals surface area contributed by atoms with Gasteiger partial charge in [-0.15, -0.1) is 6.58 Å². The molecule has 0 aliphatic heterocycles. The zero-order chi connectivity index (χ0) is 16.7. The number of nitrogens with one attached hydrogen (secondary N) is 1. The molecule has 4 rings (SSSR count). The standard InChI is InChI=1S/C17H17N7/c1-4-8-24-11(2)13(10-19-24)16-20-15-14(12-6-5-7-18-9-12)22-23(3)17(15)21-16/h4-7,9-10H,1,8H2,2-3H3,(H,20,21). The zero-order valence-corrected chi connectivity index (χ0v) is 13.6. The number of hydrogen-bond acceptors (Lipinski definition) is 4. The van der Waals surface area contributed by atoms with E-state index in [1.54, 1.807) is 17.1 Å². The van der Waals surface area contributed by atoms with Crippen molar-refractivity contribution < 1.29 is 0 Å². The summed E-state index contributed by atoms with van der Waals surface area (Å²) in [6.45, 7) is 6.46. The molecule has 0 amide bonds. The van der Waals surface area contributed by atoms with Crippen LogP contribution in [0.25, 0.3) is 33.8 Å². The van der Waals surface area contributed by atoms with Crippen molar-refractivity contribution in [2.45, 2.75) is 13.5 Å². The van der Waals surface area contributed by atoms with Gasteiger partial charge in [-0.05, 0) is 19.1 Å². The summed E-state index contributed by atoms with van der Waals surface area (Å²) in [5.41, 5.74) is 5.53. The molecule has 0 aliphatic rings. The smallest absolute Gasteiger partial charge is 0.177 e. The number of rotatable bonds is 4. The molecule has 120 valence electrons. The van der Waals surface area contributed by atoms with Crippen molar-refractivity contribution in [1.29, 1.82) is 0 Å². The van der Waals surface area contributed by atoms with Crippen LogP contribution in [0.1, 0.15) is 5.69 Å². The topological polar surface area (TPSA) is 77.2 Å². The van der Waals surface area contributed by atoms with E-state index in [0.717, 1.165) is 39.5 Å². The minimum Gasteiger partial charge on any atom is -0.335 e. The van der Waals surface area contributed by atoms with E-state index in [9.17, 15) is 0 Å². The Balaban J connectivity index is 1.86. The van der Waals surface area contributed by atoms with Gasteiger partial charge in [0.15, 0.2) is 5.65 Å². The molecule has 0 aromatic carbocycles. The number of imidazole rings is 1. The first-order chi connectivity index (χ1) is 11.7. The Labute approximate surface area is 138 Å². The average Bonchev–Trinajstić information content (AvgIpc) is 3.25. The second-order valence-corrected chi connectivity index (χ2v) is 5.61. The number of aromatic amines is 1. The number of fused-ring (bicyclic) bond motifs is 1. The Morgan fingerprint density at radius 1 is 1.33 bits per heavy atom. The van der Waals surface area contributed by atoms with Crippen LogP contribution in [0.15, 0.2) is 43.4 Å². The van der Waals surface area contributed by atoms with Crippen LogP contribution in [-0.2, 0) is 13.6 Å². The van der Waals surface area contributed by atoms with Crippen molar-refractivity contribution in [3.8, 4) is 22.6 Å². The quantitative estimate of drug-likeness (QED) is 0.587. The third-order valence-corrected chi connectivity index (χ3v) is 4.07. The van der Waals surface area contributed by atoms with E-state index in [2.05, 4.69) is 26.7 Å². The number of allylic oxidation sites excluding steroid dienone is 1. The van der Waals surface area contributed by atoms with Gasteiger partial charge in [0.05, 0.1) is 18.3 Å².